The number of ether oxygens (including phenoxy) is 4. The highest BCUT2D eigenvalue weighted by Gasteiger charge is 2.76. The highest BCUT2D eigenvalue weighted by molar-refractivity contribution is 7.00. The molecule has 0 saturated carbocycles. The van der Waals surface area contributed by atoms with Crippen molar-refractivity contribution in [3.8, 4) is 23.0 Å². The molecule has 8 rings (SSSR count). The standard InChI is InChI=1S/C88H105BF18O5Si/c1-73(2,3)61-40-48(41-62(69(61)108-25)74(4,5)6)81(49-42-63(75(7,8)9)70(109-26)64(43-49)76(10,11)12)29-30-82(50-44-65(77(13,14)15)71(110-27)66(45-50)78(16,17)18,51-46-67(79(19,20)21)72(111-28)68(47-51)80(22,23)24)113(81,60-38-56(87(102,103)104)33-57(39-60)88(105,106)107)112-89(58-34-52(83(90,91)92)31-53(35-58)84(93,94)95)59-36-54(85(96,97)98)32-55(37-59)86(99,100)101/h31-47H,29-30H2,1-28H3. The monoisotopic (exact) mass is 1620 g/mol. The average Bonchev–Trinajstić information content (AvgIpc) is 1.52. The van der Waals surface area contributed by atoms with Crippen LogP contribution >= 0.6 is 0 Å². The van der Waals surface area contributed by atoms with Gasteiger partial charge in [-0.1, -0.05) is 239 Å². The van der Waals surface area contributed by atoms with Crippen molar-refractivity contribution in [3.63, 3.8) is 0 Å². The Bertz CT molecular complexity index is 4070. The summed E-state index contributed by atoms with van der Waals surface area (Å²) in [6, 6.07) is 13.1. The Hall–Kier alpha value is -7.28. The number of rotatable bonds is 13. The van der Waals surface area contributed by atoms with Gasteiger partial charge in [0.25, 0.3) is 0 Å². The average molecular weight is 1620 g/mol. The van der Waals surface area contributed by atoms with Gasteiger partial charge in [0, 0.05) is 54.6 Å². The molecule has 1 heterocycles. The van der Waals surface area contributed by atoms with E-state index in [0.717, 1.165) is 0 Å². The van der Waals surface area contributed by atoms with Crippen LogP contribution in [0.5, 0.6) is 23.0 Å². The van der Waals surface area contributed by atoms with Crippen LogP contribution in [-0.2, 0) is 94.8 Å². The molecule has 1 aliphatic rings. The van der Waals surface area contributed by atoms with Gasteiger partial charge in [0.15, 0.2) is 0 Å². The minimum atomic E-state index is -6.99. The van der Waals surface area contributed by atoms with Crippen molar-refractivity contribution in [1.29, 1.82) is 0 Å². The predicted molar refractivity (Wildman–Crippen MR) is 413 cm³/mol. The zero-order valence-electron chi connectivity index (χ0n) is 69.7. The van der Waals surface area contributed by atoms with Gasteiger partial charge in [0.05, 0.1) is 61.8 Å². The van der Waals surface area contributed by atoms with E-state index in [4.69, 9.17) is 23.3 Å². The van der Waals surface area contributed by atoms with Gasteiger partial charge in [0.1, 0.15) is 23.0 Å². The topological polar surface area (TPSA) is 46.2 Å². The smallest absolute Gasteiger partial charge is 0.416 e. The summed E-state index contributed by atoms with van der Waals surface area (Å²) in [7, 11) is -1.49. The summed E-state index contributed by atoms with van der Waals surface area (Å²) in [6.45, 7) is 39.5. The molecule has 0 radical (unpaired) electrons. The van der Waals surface area contributed by atoms with Crippen molar-refractivity contribution in [2.24, 2.45) is 0 Å². The summed E-state index contributed by atoms with van der Waals surface area (Å²) in [6.07, 6.45) is -36.4. The van der Waals surface area contributed by atoms with Gasteiger partial charge in [-0.05, 0) is 125 Å². The van der Waals surface area contributed by atoms with Crippen molar-refractivity contribution in [2.45, 2.75) is 269 Å². The van der Waals surface area contributed by atoms with Crippen LogP contribution in [-0.4, -0.2) is 43.7 Å². The minimum absolute atomic E-state index is 0.0400. The lowest BCUT2D eigenvalue weighted by Crippen LogP contribution is -2.77. The first-order valence-corrected chi connectivity index (χ1v) is 39.0. The fraction of sp³-hybridized carbons (Fsp3) is 0.523. The molecule has 7 aromatic carbocycles. The van der Waals surface area contributed by atoms with Crippen LogP contribution in [0.25, 0.3) is 0 Å². The first-order valence-electron chi connectivity index (χ1n) is 37.1. The SMILES string of the molecule is COc1c(C(C)(C)C)cc(C2(c3cc(C(C)(C)C)c(OC)c(C(C)(C)C)c3)CCC(c3cc(C(C)(C)C)c(OC)c(C(C)(C)C)c3)(c3cc(C(C)(C)C)c(OC)c(C(C)(C)C)c3)[Si]2(OB(c2cc(C(F)(F)F)cc(C(F)(F)F)c2)c2cc(C(F)(F)F)cc(C(F)(F)F)c2)c2cc(C(F)(F)F)cc(C(F)(F)F)c2)cc1C(C)(C)C. The predicted octanol–water partition coefficient (Wildman–Crippen LogP) is 25.0. The summed E-state index contributed by atoms with van der Waals surface area (Å²) in [5.41, 5.74) is -22.6. The molecule has 0 N–H and O–H groups in total. The Morgan fingerprint density at radius 1 is 0.248 bits per heavy atom. The highest BCUT2D eigenvalue weighted by atomic mass is 28.4. The van der Waals surface area contributed by atoms with E-state index < -0.39 is 168 Å². The van der Waals surface area contributed by atoms with Crippen LogP contribution in [0.2, 0.25) is 0 Å². The van der Waals surface area contributed by atoms with Crippen LogP contribution in [0.15, 0.2) is 103 Å². The summed E-state index contributed by atoms with van der Waals surface area (Å²) in [5, 5.41) is -6.47. The molecule has 0 unspecified atom stereocenters. The van der Waals surface area contributed by atoms with Crippen LogP contribution in [0.1, 0.15) is 279 Å². The molecule has 0 bridgehead atoms. The molecule has 0 spiro atoms. The molecule has 0 atom stereocenters. The maximum absolute atomic E-state index is 17.2. The number of hydrogen-bond acceptors (Lipinski definition) is 5. The summed E-state index contributed by atoms with van der Waals surface area (Å²) >= 11 is 0. The maximum atomic E-state index is 17.2. The third-order valence-corrected chi connectivity index (χ3v) is 27.5. The number of methoxy groups -OCH3 is 4. The third kappa shape index (κ3) is 17.3. The number of benzene rings is 7. The van der Waals surface area contributed by atoms with Crippen LogP contribution in [0.4, 0.5) is 79.0 Å². The van der Waals surface area contributed by atoms with E-state index in [9.17, 15) is 0 Å². The summed E-state index contributed by atoms with van der Waals surface area (Å²) < 4.78 is 332. The van der Waals surface area contributed by atoms with Gasteiger partial charge in [-0.25, -0.2) is 0 Å². The maximum Gasteiger partial charge on any atom is 0.416 e. The Balaban J connectivity index is 2.11. The van der Waals surface area contributed by atoms with Crippen LogP contribution < -0.4 is 35.1 Å². The fourth-order valence-corrected chi connectivity index (χ4v) is 23.1. The largest absolute Gasteiger partial charge is 0.496 e. The van der Waals surface area contributed by atoms with Crippen LogP contribution in [0, 0.1) is 0 Å². The van der Waals surface area contributed by atoms with Gasteiger partial charge < -0.3 is 23.3 Å². The molecule has 113 heavy (non-hydrogen) atoms. The van der Waals surface area contributed by atoms with E-state index in [1.165, 1.54) is 28.4 Å². The lowest BCUT2D eigenvalue weighted by atomic mass is 9.55. The number of alkyl halides is 18. The zero-order chi connectivity index (χ0) is 86.5. The van der Waals surface area contributed by atoms with E-state index in [1.54, 1.807) is 215 Å². The Morgan fingerprint density at radius 2 is 0.407 bits per heavy atom. The van der Waals surface area contributed by atoms with E-state index in [2.05, 4.69) is 0 Å². The van der Waals surface area contributed by atoms with Crippen molar-refractivity contribution in [1.82, 2.24) is 0 Å². The Labute approximate surface area is 654 Å². The zero-order valence-corrected chi connectivity index (χ0v) is 70.7. The van der Waals surface area contributed by atoms with Gasteiger partial charge in [-0.2, -0.15) is 79.0 Å². The van der Waals surface area contributed by atoms with Crippen molar-refractivity contribution in [3.05, 3.63) is 203 Å². The molecule has 1 saturated heterocycles. The van der Waals surface area contributed by atoms with E-state index in [1.807, 2.05) is 0 Å². The van der Waals surface area contributed by atoms with E-state index in [0.29, 0.717) is 56.6 Å². The van der Waals surface area contributed by atoms with Gasteiger partial charge in [-0.15, -0.1) is 0 Å². The first kappa shape index (κ1) is 91.2. The summed E-state index contributed by atoms with van der Waals surface area (Å²) in [4.78, 5) is 0. The second-order valence-electron chi connectivity index (χ2n) is 38.4. The lowest BCUT2D eigenvalue weighted by molar-refractivity contribution is -0.144. The molecule has 620 valence electrons. The highest BCUT2D eigenvalue weighted by Crippen LogP contribution is 2.67. The van der Waals surface area contributed by atoms with Crippen LogP contribution in [0.3, 0.4) is 0 Å². The molecule has 7 aromatic rings. The van der Waals surface area contributed by atoms with E-state index in [-0.39, 0.29) is 87.7 Å². The molecule has 1 fully saturated rings. The second-order valence-corrected chi connectivity index (χ2v) is 42.3. The Kier molecular flexibility index (Phi) is 23.5. The molecular weight excluding hydrogens is 1520 g/mol. The summed E-state index contributed by atoms with van der Waals surface area (Å²) in [5.74, 6) is 0.852. The number of hydrogen-bond donors (Lipinski definition) is 0. The van der Waals surface area contributed by atoms with Crippen molar-refractivity contribution >= 4 is 31.3 Å². The molecule has 0 aromatic heterocycles. The minimum Gasteiger partial charge on any atom is -0.496 e. The Morgan fingerprint density at radius 3 is 0.549 bits per heavy atom. The molecule has 5 nitrogen and oxygen atoms in total. The quantitative estimate of drug-likeness (QED) is 0.0850. The molecule has 0 amide bonds. The van der Waals surface area contributed by atoms with E-state index >= 15 is 79.0 Å². The molecular formula is C88H105BF18O5Si. The van der Waals surface area contributed by atoms with Crippen molar-refractivity contribution in [2.75, 3.05) is 28.4 Å². The molecule has 1 aliphatic heterocycles. The molecule has 25 heteroatoms. The first-order chi connectivity index (χ1) is 50.6. The fourth-order valence-electron chi connectivity index (χ4n) is 16.3. The third-order valence-electron chi connectivity index (χ3n) is 21.8. The van der Waals surface area contributed by atoms with Gasteiger partial charge in [0.2, 0.25) is 8.32 Å². The second kappa shape index (κ2) is 29.1. The van der Waals surface area contributed by atoms with Crippen molar-refractivity contribution < 1.29 is 102 Å². The van der Waals surface area contributed by atoms with Gasteiger partial charge >= 0.3 is 44.0 Å². The molecule has 0 aliphatic carbocycles. The number of halogens is 18. The normalized spacial score (nSPS) is 15.9. The lowest BCUT2D eigenvalue weighted by Gasteiger charge is -2.56. The van der Waals surface area contributed by atoms with Gasteiger partial charge in [-0.3, -0.25) is 0 Å².